The molecule has 4 aromatic rings. The number of nitrogens with one attached hydrogen (secondary N) is 1. The number of rotatable bonds is 7. The Bertz CT molecular complexity index is 1480. The number of hydrogen-bond donors (Lipinski definition) is 2. The fourth-order valence-corrected chi connectivity index (χ4v) is 6.02. The second-order valence-corrected chi connectivity index (χ2v) is 10.8. The third kappa shape index (κ3) is 4.34. The summed E-state index contributed by atoms with van der Waals surface area (Å²) in [4.78, 5) is 11.7. The highest BCUT2D eigenvalue weighted by Crippen LogP contribution is 2.47. The van der Waals surface area contributed by atoms with Crippen LogP contribution in [0.2, 0.25) is 10.0 Å². The molecule has 1 aliphatic carbocycles. The number of halogens is 2. The first kappa shape index (κ1) is 24.5. The average Bonchev–Trinajstić information content (AvgIpc) is 3.57. The van der Waals surface area contributed by atoms with E-state index in [1.165, 1.54) is 0 Å². The van der Waals surface area contributed by atoms with Crippen molar-refractivity contribution >= 4 is 40.1 Å². The fraction of sp³-hybridized carbons (Fsp3) is 0.357. The van der Waals surface area contributed by atoms with E-state index in [-0.39, 0.29) is 0 Å². The first-order valence-electron chi connectivity index (χ1n) is 12.5. The lowest BCUT2D eigenvalue weighted by molar-refractivity contribution is -0.0821. The molecule has 2 N–H and O–H groups in total. The van der Waals surface area contributed by atoms with E-state index in [2.05, 4.69) is 16.5 Å². The van der Waals surface area contributed by atoms with Crippen molar-refractivity contribution in [2.45, 2.75) is 43.8 Å². The summed E-state index contributed by atoms with van der Waals surface area (Å²) in [5.41, 5.74) is 3.82. The van der Waals surface area contributed by atoms with Gasteiger partial charge in [0.05, 0.1) is 27.8 Å². The lowest BCUT2D eigenvalue weighted by atomic mass is 9.84. The number of piperidine rings is 1. The van der Waals surface area contributed by atoms with Gasteiger partial charge in [-0.15, -0.1) is 0 Å². The van der Waals surface area contributed by atoms with Gasteiger partial charge in [0, 0.05) is 41.2 Å². The number of hydrogen-bond acceptors (Lipinski definition) is 5. The molecule has 192 valence electrons. The van der Waals surface area contributed by atoms with E-state index in [1.807, 2.05) is 29.8 Å². The molecule has 0 spiro atoms. The number of benzene rings is 2. The van der Waals surface area contributed by atoms with Gasteiger partial charge in [0.1, 0.15) is 11.5 Å². The van der Waals surface area contributed by atoms with Crippen molar-refractivity contribution in [2.24, 2.45) is 7.05 Å². The van der Waals surface area contributed by atoms with Crippen molar-refractivity contribution in [3.63, 3.8) is 0 Å². The van der Waals surface area contributed by atoms with Crippen LogP contribution in [0.5, 0.6) is 0 Å². The summed E-state index contributed by atoms with van der Waals surface area (Å²) in [5.74, 6) is 0.246. The summed E-state index contributed by atoms with van der Waals surface area (Å²) in [6.45, 7) is 1.93. The maximum atomic E-state index is 11.7. The monoisotopic (exact) mass is 539 g/mol. The number of carboxylic acids is 1. The van der Waals surface area contributed by atoms with E-state index in [9.17, 15) is 9.90 Å². The van der Waals surface area contributed by atoms with Gasteiger partial charge in [0.15, 0.2) is 0 Å². The number of carbonyl (C=O) groups is 1. The van der Waals surface area contributed by atoms with Gasteiger partial charge < -0.3 is 24.3 Å². The largest absolute Gasteiger partial charge is 0.478 e. The van der Waals surface area contributed by atoms with Gasteiger partial charge in [0.25, 0.3) is 0 Å². The number of fused-ring (bicyclic) bond motifs is 1. The SMILES string of the molecule is Cn1cc(C(=O)O)c2ccc(C3(OCc4c(-c5c(Cl)cccc5Cl)noc4C4CC4)CCNCC3)cc21. The number of aryl methyl sites for hydroxylation is 1. The van der Waals surface area contributed by atoms with Crippen LogP contribution in [0.15, 0.2) is 47.1 Å². The summed E-state index contributed by atoms with van der Waals surface area (Å²) in [5, 5.41) is 19.2. The Kier molecular flexibility index (Phi) is 6.27. The average molecular weight is 540 g/mol. The summed E-state index contributed by atoms with van der Waals surface area (Å²) >= 11 is 13.1. The van der Waals surface area contributed by atoms with Crippen LogP contribution in [-0.4, -0.2) is 33.9 Å². The summed E-state index contributed by atoms with van der Waals surface area (Å²) in [7, 11) is 1.87. The van der Waals surface area contributed by atoms with E-state index < -0.39 is 11.6 Å². The standard InChI is InChI=1S/C28H27Cl2N3O4/c1-33-14-19(27(34)35)18-8-7-17(13-23(18)33)28(9-11-31-12-10-28)36-15-20-25(32-37-26(20)16-5-6-16)24-21(29)3-2-4-22(24)30/h2-4,7-8,13-14,16,31H,5-6,9-12,15H2,1H3,(H,34,35). The Balaban J connectivity index is 1.40. The number of ether oxygens (including phenoxy) is 1. The quantitative estimate of drug-likeness (QED) is 0.278. The number of aromatic nitrogens is 2. The van der Waals surface area contributed by atoms with Crippen molar-refractivity contribution in [3.8, 4) is 11.3 Å². The molecule has 1 saturated heterocycles. The second-order valence-electron chi connectivity index (χ2n) is 9.97. The first-order chi connectivity index (χ1) is 17.9. The highest BCUT2D eigenvalue weighted by atomic mass is 35.5. The molecule has 2 aromatic carbocycles. The van der Waals surface area contributed by atoms with Gasteiger partial charge in [-0.1, -0.05) is 46.6 Å². The van der Waals surface area contributed by atoms with Crippen LogP contribution < -0.4 is 5.32 Å². The van der Waals surface area contributed by atoms with Crippen LogP contribution in [0.25, 0.3) is 22.2 Å². The molecular weight excluding hydrogens is 513 g/mol. The molecule has 0 amide bonds. The van der Waals surface area contributed by atoms with Crippen molar-refractivity contribution < 1.29 is 19.2 Å². The van der Waals surface area contributed by atoms with Crippen LogP contribution >= 0.6 is 23.2 Å². The van der Waals surface area contributed by atoms with E-state index in [4.69, 9.17) is 32.5 Å². The van der Waals surface area contributed by atoms with E-state index >= 15 is 0 Å². The maximum absolute atomic E-state index is 11.7. The Morgan fingerprint density at radius 2 is 1.95 bits per heavy atom. The molecule has 0 bridgehead atoms. The van der Waals surface area contributed by atoms with Crippen molar-refractivity contribution in [3.05, 3.63) is 75.1 Å². The fourth-order valence-electron chi connectivity index (χ4n) is 5.44. The molecule has 2 fully saturated rings. The van der Waals surface area contributed by atoms with Crippen LogP contribution in [-0.2, 0) is 24.0 Å². The minimum absolute atomic E-state index is 0.295. The Hall–Kier alpha value is -2.84. The molecule has 9 heteroatoms. The zero-order chi connectivity index (χ0) is 25.7. The summed E-state index contributed by atoms with van der Waals surface area (Å²) in [6, 6.07) is 11.4. The van der Waals surface area contributed by atoms with Gasteiger partial charge in [-0.25, -0.2) is 4.79 Å². The molecular formula is C28H27Cl2N3O4. The Labute approximate surface area is 224 Å². The molecule has 0 radical (unpaired) electrons. The highest BCUT2D eigenvalue weighted by molar-refractivity contribution is 6.39. The van der Waals surface area contributed by atoms with Crippen molar-refractivity contribution in [1.82, 2.24) is 15.0 Å². The Morgan fingerprint density at radius 1 is 1.22 bits per heavy atom. The summed E-state index contributed by atoms with van der Waals surface area (Å²) < 4.78 is 14.6. The maximum Gasteiger partial charge on any atom is 0.337 e. The molecule has 0 unspecified atom stereocenters. The molecule has 0 atom stereocenters. The van der Waals surface area contributed by atoms with E-state index in [1.54, 1.807) is 18.3 Å². The smallest absolute Gasteiger partial charge is 0.337 e. The normalized spacial score (nSPS) is 17.4. The minimum atomic E-state index is -0.933. The zero-order valence-corrected chi connectivity index (χ0v) is 21.9. The lowest BCUT2D eigenvalue weighted by Crippen LogP contribution is -2.41. The molecule has 37 heavy (non-hydrogen) atoms. The third-order valence-corrected chi connectivity index (χ3v) is 8.25. The summed E-state index contributed by atoms with van der Waals surface area (Å²) in [6.07, 6.45) is 5.33. The van der Waals surface area contributed by atoms with Gasteiger partial charge in [0.2, 0.25) is 0 Å². The van der Waals surface area contributed by atoms with Gasteiger partial charge in [-0.2, -0.15) is 0 Å². The van der Waals surface area contributed by atoms with Crippen LogP contribution in [0.4, 0.5) is 0 Å². The van der Waals surface area contributed by atoms with Gasteiger partial charge in [-0.05, 0) is 62.5 Å². The van der Waals surface area contributed by atoms with Crippen LogP contribution in [0.1, 0.15) is 58.8 Å². The third-order valence-electron chi connectivity index (χ3n) is 7.62. The Morgan fingerprint density at radius 3 is 2.62 bits per heavy atom. The molecule has 1 aliphatic heterocycles. The van der Waals surface area contributed by atoms with Gasteiger partial charge in [-0.3, -0.25) is 0 Å². The lowest BCUT2D eigenvalue weighted by Gasteiger charge is -2.38. The highest BCUT2D eigenvalue weighted by Gasteiger charge is 2.38. The first-order valence-corrected chi connectivity index (χ1v) is 13.2. The minimum Gasteiger partial charge on any atom is -0.478 e. The molecule has 2 aromatic heterocycles. The molecule has 6 rings (SSSR count). The predicted molar refractivity (Wildman–Crippen MR) is 142 cm³/mol. The van der Waals surface area contributed by atoms with E-state index in [0.29, 0.717) is 44.8 Å². The van der Waals surface area contributed by atoms with Crippen molar-refractivity contribution in [1.29, 1.82) is 0 Å². The van der Waals surface area contributed by atoms with E-state index in [0.717, 1.165) is 61.2 Å². The van der Waals surface area contributed by atoms with Crippen LogP contribution in [0, 0.1) is 0 Å². The predicted octanol–water partition coefficient (Wildman–Crippen LogP) is 6.51. The number of aromatic carboxylic acids is 1. The number of nitrogens with zero attached hydrogens (tertiary/aromatic N) is 2. The zero-order valence-electron chi connectivity index (χ0n) is 20.4. The molecule has 7 nitrogen and oxygen atoms in total. The second kappa shape index (κ2) is 9.48. The van der Waals surface area contributed by atoms with Gasteiger partial charge >= 0.3 is 5.97 Å². The van der Waals surface area contributed by atoms with Crippen LogP contribution in [0.3, 0.4) is 0 Å². The number of carboxylic acid groups (broad SMARTS) is 1. The molecule has 1 saturated carbocycles. The van der Waals surface area contributed by atoms with Crippen molar-refractivity contribution in [2.75, 3.05) is 13.1 Å². The molecule has 2 aliphatic rings. The topological polar surface area (TPSA) is 89.5 Å². The molecule has 3 heterocycles.